The number of hydrogen-bond acceptors (Lipinski definition) is 3. The molecule has 0 spiro atoms. The van der Waals surface area contributed by atoms with Gasteiger partial charge in [0.05, 0.1) is 11.7 Å². The minimum absolute atomic E-state index is 0.142. The van der Waals surface area contributed by atoms with E-state index in [1.807, 2.05) is 6.92 Å². The molecular formula is C13H25NO2. The average Bonchev–Trinajstić information content (AvgIpc) is 2.40. The number of hydrogen-bond donors (Lipinski definition) is 2. The molecule has 94 valence electrons. The summed E-state index contributed by atoms with van der Waals surface area (Å²) in [4.78, 5) is 2.41. The first-order valence-corrected chi connectivity index (χ1v) is 6.73. The summed E-state index contributed by atoms with van der Waals surface area (Å²) in [5.74, 6) is 0. The topological polar surface area (TPSA) is 43.7 Å². The molecule has 2 fully saturated rings. The summed E-state index contributed by atoms with van der Waals surface area (Å²) in [6.45, 7) is 3.92. The highest BCUT2D eigenvalue weighted by molar-refractivity contribution is 4.87. The van der Waals surface area contributed by atoms with Crippen molar-refractivity contribution in [2.75, 3.05) is 13.1 Å². The molecule has 2 rings (SSSR count). The van der Waals surface area contributed by atoms with Crippen LogP contribution in [0.5, 0.6) is 0 Å². The first kappa shape index (κ1) is 12.3. The molecule has 16 heavy (non-hydrogen) atoms. The molecule has 0 amide bonds. The van der Waals surface area contributed by atoms with Crippen LogP contribution < -0.4 is 0 Å². The second kappa shape index (κ2) is 5.03. The van der Waals surface area contributed by atoms with Gasteiger partial charge in [-0.2, -0.15) is 0 Å². The van der Waals surface area contributed by atoms with Gasteiger partial charge in [0.1, 0.15) is 0 Å². The van der Waals surface area contributed by atoms with Gasteiger partial charge in [0, 0.05) is 12.6 Å². The Hall–Kier alpha value is -0.120. The van der Waals surface area contributed by atoms with Gasteiger partial charge in [0.25, 0.3) is 0 Å². The molecule has 1 aliphatic carbocycles. The Morgan fingerprint density at radius 2 is 1.81 bits per heavy atom. The smallest absolute Gasteiger partial charge is 0.0695 e. The van der Waals surface area contributed by atoms with Gasteiger partial charge in [0.2, 0.25) is 0 Å². The maximum atomic E-state index is 10.0. The van der Waals surface area contributed by atoms with Gasteiger partial charge in [-0.15, -0.1) is 0 Å². The normalized spacial score (nSPS) is 42.9. The summed E-state index contributed by atoms with van der Waals surface area (Å²) in [6.07, 6.45) is 7.15. The zero-order chi connectivity index (χ0) is 11.6. The van der Waals surface area contributed by atoms with Gasteiger partial charge < -0.3 is 10.2 Å². The number of likely N-dealkylation sites (tertiary alicyclic amines) is 1. The highest BCUT2D eigenvalue weighted by atomic mass is 16.3. The molecule has 1 heterocycles. The molecule has 1 unspecified atom stereocenters. The number of aliphatic hydroxyl groups excluding tert-OH is 1. The van der Waals surface area contributed by atoms with Crippen molar-refractivity contribution in [3.63, 3.8) is 0 Å². The summed E-state index contributed by atoms with van der Waals surface area (Å²) in [6, 6.07) is 0.350. The maximum absolute atomic E-state index is 10.0. The Morgan fingerprint density at radius 3 is 2.56 bits per heavy atom. The SMILES string of the molecule is CC1(O)CCCN([C@H]2CCCC[C@@H]2O)CC1. The van der Waals surface area contributed by atoms with E-state index in [1.165, 1.54) is 12.8 Å². The minimum atomic E-state index is -0.492. The number of nitrogens with zero attached hydrogens (tertiary/aromatic N) is 1. The van der Waals surface area contributed by atoms with Crippen molar-refractivity contribution >= 4 is 0 Å². The maximum Gasteiger partial charge on any atom is 0.0695 e. The molecule has 0 aromatic rings. The Kier molecular flexibility index (Phi) is 3.88. The highest BCUT2D eigenvalue weighted by Crippen LogP contribution is 2.28. The molecule has 3 atom stereocenters. The van der Waals surface area contributed by atoms with Crippen LogP contribution in [0.25, 0.3) is 0 Å². The molecule has 3 nitrogen and oxygen atoms in total. The molecule has 1 saturated heterocycles. The van der Waals surface area contributed by atoms with Crippen LogP contribution in [-0.4, -0.2) is 45.9 Å². The van der Waals surface area contributed by atoms with E-state index >= 15 is 0 Å². The Labute approximate surface area is 98.5 Å². The van der Waals surface area contributed by atoms with E-state index in [4.69, 9.17) is 0 Å². The lowest BCUT2D eigenvalue weighted by Gasteiger charge is -2.37. The quantitative estimate of drug-likeness (QED) is 0.714. The molecule has 0 aromatic carbocycles. The van der Waals surface area contributed by atoms with E-state index in [-0.39, 0.29) is 6.10 Å². The summed E-state index contributed by atoms with van der Waals surface area (Å²) in [5, 5.41) is 20.1. The molecule has 1 saturated carbocycles. The Balaban J connectivity index is 1.93. The zero-order valence-electron chi connectivity index (χ0n) is 10.4. The first-order valence-electron chi connectivity index (χ1n) is 6.73. The van der Waals surface area contributed by atoms with Gasteiger partial charge in [-0.25, -0.2) is 0 Å². The zero-order valence-corrected chi connectivity index (χ0v) is 10.4. The van der Waals surface area contributed by atoms with Crippen LogP contribution in [0, 0.1) is 0 Å². The molecule has 2 aliphatic rings. The van der Waals surface area contributed by atoms with Crippen LogP contribution in [0.1, 0.15) is 51.9 Å². The summed E-state index contributed by atoms with van der Waals surface area (Å²) in [5.41, 5.74) is -0.492. The molecule has 3 heteroatoms. The van der Waals surface area contributed by atoms with E-state index in [2.05, 4.69) is 4.90 Å². The van der Waals surface area contributed by atoms with E-state index < -0.39 is 5.60 Å². The van der Waals surface area contributed by atoms with Crippen molar-refractivity contribution in [3.05, 3.63) is 0 Å². The van der Waals surface area contributed by atoms with E-state index in [1.54, 1.807) is 0 Å². The van der Waals surface area contributed by atoms with Crippen LogP contribution in [0.4, 0.5) is 0 Å². The van der Waals surface area contributed by atoms with Gasteiger partial charge >= 0.3 is 0 Å². The standard InChI is InChI=1S/C13H25NO2/c1-13(16)7-4-9-14(10-8-13)11-5-2-3-6-12(11)15/h11-12,15-16H,2-10H2,1H3/t11-,12-,13?/m0/s1. The van der Waals surface area contributed by atoms with Crippen LogP contribution in [-0.2, 0) is 0 Å². The average molecular weight is 227 g/mol. The fourth-order valence-corrected chi connectivity index (χ4v) is 3.13. The molecule has 0 bridgehead atoms. The van der Waals surface area contributed by atoms with Crippen LogP contribution in [0.15, 0.2) is 0 Å². The van der Waals surface area contributed by atoms with Crippen molar-refractivity contribution in [1.82, 2.24) is 4.90 Å². The van der Waals surface area contributed by atoms with Crippen LogP contribution in [0.3, 0.4) is 0 Å². The van der Waals surface area contributed by atoms with Gasteiger partial charge in [-0.05, 0) is 45.6 Å². The molecule has 0 radical (unpaired) electrons. The fourth-order valence-electron chi connectivity index (χ4n) is 3.13. The predicted molar refractivity (Wildman–Crippen MR) is 64.3 cm³/mol. The van der Waals surface area contributed by atoms with E-state index in [0.29, 0.717) is 6.04 Å². The molecule has 0 aromatic heterocycles. The van der Waals surface area contributed by atoms with Crippen LogP contribution >= 0.6 is 0 Å². The third-order valence-corrected chi connectivity index (χ3v) is 4.26. The molecule has 1 aliphatic heterocycles. The monoisotopic (exact) mass is 227 g/mol. The largest absolute Gasteiger partial charge is 0.391 e. The second-order valence-corrected chi connectivity index (χ2v) is 5.81. The minimum Gasteiger partial charge on any atom is -0.391 e. The molecule has 2 N–H and O–H groups in total. The van der Waals surface area contributed by atoms with Crippen molar-refractivity contribution in [3.8, 4) is 0 Å². The number of rotatable bonds is 1. The summed E-state index contributed by atoms with van der Waals surface area (Å²) in [7, 11) is 0. The van der Waals surface area contributed by atoms with Gasteiger partial charge in [0.15, 0.2) is 0 Å². The second-order valence-electron chi connectivity index (χ2n) is 5.81. The Bertz CT molecular complexity index is 230. The predicted octanol–water partition coefficient (Wildman–Crippen LogP) is 1.53. The van der Waals surface area contributed by atoms with Crippen LogP contribution in [0.2, 0.25) is 0 Å². The van der Waals surface area contributed by atoms with Gasteiger partial charge in [-0.3, -0.25) is 4.90 Å². The number of aliphatic hydroxyl groups is 2. The lowest BCUT2D eigenvalue weighted by Crippen LogP contribution is -2.46. The van der Waals surface area contributed by atoms with Crippen molar-refractivity contribution in [1.29, 1.82) is 0 Å². The van der Waals surface area contributed by atoms with E-state index in [9.17, 15) is 10.2 Å². The van der Waals surface area contributed by atoms with Crippen molar-refractivity contribution < 1.29 is 10.2 Å². The van der Waals surface area contributed by atoms with Crippen molar-refractivity contribution in [2.45, 2.75) is 69.6 Å². The molecular weight excluding hydrogens is 202 g/mol. The highest BCUT2D eigenvalue weighted by Gasteiger charge is 2.32. The van der Waals surface area contributed by atoms with Crippen molar-refractivity contribution in [2.24, 2.45) is 0 Å². The first-order chi connectivity index (χ1) is 7.58. The fraction of sp³-hybridized carbons (Fsp3) is 1.00. The van der Waals surface area contributed by atoms with Gasteiger partial charge in [-0.1, -0.05) is 12.8 Å². The summed E-state index contributed by atoms with van der Waals surface area (Å²) < 4.78 is 0. The van der Waals surface area contributed by atoms with E-state index in [0.717, 1.165) is 45.2 Å². The Morgan fingerprint density at radius 1 is 1.06 bits per heavy atom. The third-order valence-electron chi connectivity index (χ3n) is 4.26. The lowest BCUT2D eigenvalue weighted by atomic mass is 9.91. The summed E-state index contributed by atoms with van der Waals surface area (Å²) >= 11 is 0. The third kappa shape index (κ3) is 2.96. The lowest BCUT2D eigenvalue weighted by molar-refractivity contribution is 0.0114.